The normalized spacial score (nSPS) is 11.9. The molecule has 8 heteroatoms. The number of hydrogen-bond donors (Lipinski definition) is 3. The number of amides is 1. The molecule has 0 fully saturated rings. The van der Waals surface area contributed by atoms with Crippen molar-refractivity contribution in [3.05, 3.63) is 65.7 Å². The van der Waals surface area contributed by atoms with Crippen LogP contribution in [0.1, 0.15) is 75.5 Å². The Bertz CT molecular complexity index is 1440. The average molecular weight is 545 g/mol. The lowest BCUT2D eigenvalue weighted by Crippen LogP contribution is -2.30. The number of methoxy groups -OCH3 is 1. The van der Waals surface area contributed by atoms with Gasteiger partial charge in [0.1, 0.15) is 23.1 Å². The third-order valence-corrected chi connectivity index (χ3v) is 7.22. The van der Waals surface area contributed by atoms with Gasteiger partial charge < -0.3 is 24.8 Å². The van der Waals surface area contributed by atoms with Gasteiger partial charge in [-0.3, -0.25) is 9.59 Å². The minimum absolute atomic E-state index is 0.0747. The monoisotopic (exact) mass is 544 g/mol. The van der Waals surface area contributed by atoms with Crippen LogP contribution in [0.2, 0.25) is 0 Å². The van der Waals surface area contributed by atoms with Crippen molar-refractivity contribution in [2.75, 3.05) is 13.7 Å². The summed E-state index contributed by atoms with van der Waals surface area (Å²) in [6.45, 7) is 6.44. The van der Waals surface area contributed by atoms with Gasteiger partial charge in [0, 0.05) is 35.0 Å². The molecule has 40 heavy (non-hydrogen) atoms. The zero-order valence-corrected chi connectivity index (χ0v) is 23.9. The molecule has 0 unspecified atom stereocenters. The van der Waals surface area contributed by atoms with E-state index in [1.807, 2.05) is 63.2 Å². The number of hydrogen-bond acceptors (Lipinski definition) is 5. The number of nitrogens with zero attached hydrogens (tertiary/aromatic N) is 1. The molecule has 2 aromatic heterocycles. The number of ketones is 1. The molecule has 0 aliphatic heterocycles. The maximum Gasteiger partial charge on any atom is 0.225 e. The lowest BCUT2D eigenvalue weighted by molar-refractivity contribution is -0.121. The number of fused-ring (bicyclic) bond motifs is 1. The molecule has 1 amide bonds. The zero-order valence-electron chi connectivity index (χ0n) is 23.9. The van der Waals surface area contributed by atoms with Crippen molar-refractivity contribution in [2.45, 2.75) is 71.8 Å². The van der Waals surface area contributed by atoms with Gasteiger partial charge >= 0.3 is 0 Å². The van der Waals surface area contributed by atoms with Gasteiger partial charge in [-0.05, 0) is 62.6 Å². The second-order valence-electron chi connectivity index (χ2n) is 10.1. The lowest BCUT2D eigenvalue weighted by atomic mass is 10.0. The highest BCUT2D eigenvalue weighted by Gasteiger charge is 2.20. The second-order valence-corrected chi connectivity index (χ2v) is 10.1. The van der Waals surface area contributed by atoms with Crippen LogP contribution in [0, 0.1) is 6.92 Å². The Kier molecular flexibility index (Phi) is 10.00. The Morgan fingerprint density at radius 3 is 2.65 bits per heavy atom. The van der Waals surface area contributed by atoms with Crippen LogP contribution in [0.4, 0.5) is 0 Å². The van der Waals surface area contributed by atoms with E-state index in [0.717, 1.165) is 70.6 Å². The molecule has 0 aliphatic carbocycles. The zero-order chi connectivity index (χ0) is 28.5. The van der Waals surface area contributed by atoms with Gasteiger partial charge in [-0.25, -0.2) is 4.98 Å². The first-order valence-corrected chi connectivity index (χ1v) is 14.2. The van der Waals surface area contributed by atoms with Gasteiger partial charge in [0.2, 0.25) is 5.91 Å². The van der Waals surface area contributed by atoms with E-state index >= 15 is 0 Å². The largest absolute Gasteiger partial charge is 0.497 e. The van der Waals surface area contributed by atoms with E-state index in [1.54, 1.807) is 13.3 Å². The van der Waals surface area contributed by atoms with Crippen LogP contribution in [0.15, 0.2) is 48.7 Å². The first-order valence-electron chi connectivity index (χ1n) is 14.2. The Hall–Kier alpha value is -4.07. The summed E-state index contributed by atoms with van der Waals surface area (Å²) < 4.78 is 11.1. The molecule has 0 aliphatic rings. The predicted molar refractivity (Wildman–Crippen MR) is 158 cm³/mol. The molecular weight excluding hydrogens is 504 g/mol. The molecule has 0 spiro atoms. The van der Waals surface area contributed by atoms with E-state index in [9.17, 15) is 9.59 Å². The summed E-state index contributed by atoms with van der Waals surface area (Å²) >= 11 is 0. The van der Waals surface area contributed by atoms with Crippen molar-refractivity contribution in [3.63, 3.8) is 0 Å². The lowest BCUT2D eigenvalue weighted by Gasteiger charge is -2.17. The number of nitrogens with one attached hydrogen (secondary N) is 3. The number of Topliss-reactive ketones (excluding diaryl/α,β-unsaturated/α-hetero) is 1. The molecule has 0 radical (unpaired) electrons. The minimum atomic E-state index is -0.279. The van der Waals surface area contributed by atoms with Gasteiger partial charge in [0.25, 0.3) is 0 Å². The van der Waals surface area contributed by atoms with E-state index in [4.69, 9.17) is 9.47 Å². The van der Waals surface area contributed by atoms with Crippen LogP contribution in [-0.4, -0.2) is 40.4 Å². The summed E-state index contributed by atoms with van der Waals surface area (Å²) in [6, 6.07) is 13.4. The summed E-state index contributed by atoms with van der Waals surface area (Å²) in [5.41, 5.74) is 4.73. The first kappa shape index (κ1) is 28.9. The number of unbranched alkanes of at least 4 members (excludes halogenated alkanes) is 2. The third kappa shape index (κ3) is 7.31. The van der Waals surface area contributed by atoms with Crippen molar-refractivity contribution in [2.24, 2.45) is 0 Å². The molecule has 212 valence electrons. The number of imidazole rings is 1. The molecule has 0 saturated carbocycles. The van der Waals surface area contributed by atoms with Crippen LogP contribution in [0.25, 0.3) is 22.2 Å². The smallest absolute Gasteiger partial charge is 0.225 e. The third-order valence-electron chi connectivity index (χ3n) is 7.22. The van der Waals surface area contributed by atoms with E-state index in [0.29, 0.717) is 31.1 Å². The summed E-state index contributed by atoms with van der Waals surface area (Å²) in [5.74, 6) is 2.49. The average Bonchev–Trinajstić information content (AvgIpc) is 3.57. The minimum Gasteiger partial charge on any atom is -0.497 e. The van der Waals surface area contributed by atoms with Gasteiger partial charge in [0.15, 0.2) is 0 Å². The van der Waals surface area contributed by atoms with E-state index < -0.39 is 0 Å². The molecule has 0 bridgehead atoms. The Morgan fingerprint density at radius 1 is 1.02 bits per heavy atom. The number of H-pyrrole nitrogens is 2. The van der Waals surface area contributed by atoms with Crippen LogP contribution in [-0.2, 0) is 16.0 Å². The van der Waals surface area contributed by atoms with Crippen molar-refractivity contribution in [1.82, 2.24) is 20.3 Å². The molecule has 2 heterocycles. The number of aromatic amines is 2. The molecule has 1 atom stereocenters. The second kappa shape index (κ2) is 13.8. The number of carbonyl (C=O) groups excluding carboxylic acids is 2. The van der Waals surface area contributed by atoms with E-state index in [-0.39, 0.29) is 18.4 Å². The SMILES string of the molecule is CCOc1cccc(-c2cnc([C@H](CCCCCC(=O)CC)NC(=O)Cc3c(C)[nH]c4ccc(OC)cc34)[nH]2)c1. The molecule has 4 aromatic rings. The van der Waals surface area contributed by atoms with Crippen molar-refractivity contribution >= 4 is 22.6 Å². The highest BCUT2D eigenvalue weighted by atomic mass is 16.5. The number of ether oxygens (including phenoxy) is 2. The molecule has 2 aromatic carbocycles. The standard InChI is InChI=1S/C32H40N4O4/c1-5-23(37)12-8-7-9-14-29(32-33-20-30(36-32)22-11-10-13-25(17-22)40-6-2)35-31(38)19-26-21(3)34-28-16-15-24(39-4)18-27(26)28/h10-11,13,15-18,20,29,34H,5-9,12,14,19H2,1-4H3,(H,33,36)(H,35,38)/t29-/m0/s1. The maximum atomic E-state index is 13.4. The number of benzene rings is 2. The fourth-order valence-electron chi connectivity index (χ4n) is 5.00. The fraction of sp³-hybridized carbons (Fsp3) is 0.406. The summed E-state index contributed by atoms with van der Waals surface area (Å²) in [4.78, 5) is 36.6. The van der Waals surface area contributed by atoms with Crippen molar-refractivity contribution in [1.29, 1.82) is 0 Å². The fourth-order valence-corrected chi connectivity index (χ4v) is 5.00. The summed E-state index contributed by atoms with van der Waals surface area (Å²) in [7, 11) is 1.64. The Morgan fingerprint density at radius 2 is 1.88 bits per heavy atom. The molecule has 8 nitrogen and oxygen atoms in total. The molecule has 4 rings (SSSR count). The predicted octanol–water partition coefficient (Wildman–Crippen LogP) is 6.60. The molecule has 0 saturated heterocycles. The van der Waals surface area contributed by atoms with Gasteiger partial charge in [-0.2, -0.15) is 0 Å². The topological polar surface area (TPSA) is 109 Å². The quantitative estimate of drug-likeness (QED) is 0.146. The summed E-state index contributed by atoms with van der Waals surface area (Å²) in [6.07, 6.45) is 6.61. The van der Waals surface area contributed by atoms with Crippen LogP contribution >= 0.6 is 0 Å². The van der Waals surface area contributed by atoms with Gasteiger partial charge in [-0.15, -0.1) is 0 Å². The number of aromatic nitrogens is 3. The van der Waals surface area contributed by atoms with Crippen LogP contribution in [0.3, 0.4) is 0 Å². The first-order chi connectivity index (χ1) is 19.4. The molecular formula is C32H40N4O4. The highest BCUT2D eigenvalue weighted by Crippen LogP contribution is 2.28. The Balaban J connectivity index is 1.51. The number of carbonyl (C=O) groups is 2. The van der Waals surface area contributed by atoms with E-state index in [2.05, 4.69) is 20.3 Å². The van der Waals surface area contributed by atoms with Crippen LogP contribution < -0.4 is 14.8 Å². The van der Waals surface area contributed by atoms with Crippen LogP contribution in [0.5, 0.6) is 11.5 Å². The number of rotatable bonds is 15. The van der Waals surface area contributed by atoms with Crippen molar-refractivity contribution in [3.8, 4) is 22.8 Å². The van der Waals surface area contributed by atoms with Crippen molar-refractivity contribution < 1.29 is 19.1 Å². The molecule has 3 N–H and O–H groups in total. The summed E-state index contributed by atoms with van der Waals surface area (Å²) in [5, 5.41) is 4.21. The Labute approximate surface area is 235 Å². The maximum absolute atomic E-state index is 13.4. The van der Waals surface area contributed by atoms with Gasteiger partial charge in [-0.1, -0.05) is 31.9 Å². The highest BCUT2D eigenvalue weighted by molar-refractivity contribution is 5.91. The van der Waals surface area contributed by atoms with Gasteiger partial charge in [0.05, 0.1) is 38.1 Å². The van der Waals surface area contributed by atoms with E-state index in [1.165, 1.54) is 0 Å². The number of aryl methyl sites for hydroxylation is 1.